The highest BCUT2D eigenvalue weighted by atomic mass is 32.2. The molecule has 94 valence electrons. The topological polar surface area (TPSA) is 56.3 Å². The predicted molar refractivity (Wildman–Crippen MR) is 67.6 cm³/mol. The number of anilines is 1. The maximum absolute atomic E-state index is 10.5. The normalized spacial score (nSPS) is 19.2. The third-order valence-corrected chi connectivity index (χ3v) is 3.90. The first-order chi connectivity index (χ1) is 8.25. The molecular formula is C12H17N2O2S-. The van der Waals surface area contributed by atoms with Crippen molar-refractivity contribution in [1.82, 2.24) is 4.98 Å². The standard InChI is InChI=1S/C12H18N2O2S/c15-17(16)10-5-11-3-8-14(9-4-11)12-1-6-13-7-2-12/h1-2,6-7,11H,3-5,8-10H2,(H,15,16)/p-1. The van der Waals surface area contributed by atoms with E-state index in [9.17, 15) is 8.76 Å². The average molecular weight is 253 g/mol. The van der Waals surface area contributed by atoms with Gasteiger partial charge in [-0.25, -0.2) is 0 Å². The average Bonchev–Trinajstić information content (AvgIpc) is 2.38. The molecule has 0 aromatic carbocycles. The first-order valence-electron chi connectivity index (χ1n) is 5.96. The van der Waals surface area contributed by atoms with Gasteiger partial charge in [0.2, 0.25) is 0 Å². The van der Waals surface area contributed by atoms with Crippen molar-refractivity contribution in [3.05, 3.63) is 24.5 Å². The molecular weight excluding hydrogens is 236 g/mol. The molecule has 2 heterocycles. The molecule has 1 aliphatic rings. The quantitative estimate of drug-likeness (QED) is 0.764. The fraction of sp³-hybridized carbons (Fsp3) is 0.583. The molecule has 0 aliphatic carbocycles. The monoisotopic (exact) mass is 253 g/mol. The second kappa shape index (κ2) is 6.12. The molecule has 17 heavy (non-hydrogen) atoms. The van der Waals surface area contributed by atoms with Crippen LogP contribution in [0.25, 0.3) is 0 Å². The van der Waals surface area contributed by atoms with Crippen LogP contribution in [-0.4, -0.2) is 32.6 Å². The van der Waals surface area contributed by atoms with E-state index in [2.05, 4.69) is 9.88 Å². The zero-order valence-corrected chi connectivity index (χ0v) is 10.6. The third kappa shape index (κ3) is 3.78. The van der Waals surface area contributed by atoms with Crippen LogP contribution in [0.1, 0.15) is 19.3 Å². The fourth-order valence-corrected chi connectivity index (χ4v) is 2.82. The minimum absolute atomic E-state index is 0.305. The van der Waals surface area contributed by atoms with Crippen molar-refractivity contribution >= 4 is 16.8 Å². The summed E-state index contributed by atoms with van der Waals surface area (Å²) < 4.78 is 21.0. The molecule has 5 heteroatoms. The number of hydrogen-bond donors (Lipinski definition) is 0. The van der Waals surface area contributed by atoms with Crippen LogP contribution in [0.5, 0.6) is 0 Å². The van der Waals surface area contributed by atoms with Crippen molar-refractivity contribution in [2.24, 2.45) is 5.92 Å². The molecule has 1 fully saturated rings. The van der Waals surface area contributed by atoms with Crippen molar-refractivity contribution in [3.8, 4) is 0 Å². The van der Waals surface area contributed by atoms with Gasteiger partial charge in [0.05, 0.1) is 0 Å². The van der Waals surface area contributed by atoms with E-state index in [1.165, 1.54) is 5.69 Å². The number of rotatable bonds is 4. The third-order valence-electron chi connectivity index (χ3n) is 3.34. The second-order valence-electron chi connectivity index (χ2n) is 4.43. The van der Waals surface area contributed by atoms with Crippen molar-refractivity contribution in [2.75, 3.05) is 23.7 Å². The molecule has 4 nitrogen and oxygen atoms in total. The van der Waals surface area contributed by atoms with Crippen molar-refractivity contribution in [2.45, 2.75) is 19.3 Å². The largest absolute Gasteiger partial charge is 0.772 e. The Hall–Kier alpha value is -0.940. The van der Waals surface area contributed by atoms with Gasteiger partial charge >= 0.3 is 0 Å². The minimum Gasteiger partial charge on any atom is -0.772 e. The van der Waals surface area contributed by atoms with E-state index in [1.54, 1.807) is 0 Å². The van der Waals surface area contributed by atoms with Gasteiger partial charge in [-0.15, -0.1) is 0 Å². The molecule has 1 aromatic rings. The SMILES string of the molecule is O=S([O-])CCC1CCN(c2ccncc2)CC1. The molecule has 0 bridgehead atoms. The van der Waals surface area contributed by atoms with E-state index >= 15 is 0 Å². The van der Waals surface area contributed by atoms with Gasteiger partial charge in [0, 0.05) is 36.9 Å². The van der Waals surface area contributed by atoms with Gasteiger partial charge in [0.15, 0.2) is 0 Å². The van der Waals surface area contributed by atoms with Gasteiger partial charge in [0.25, 0.3) is 0 Å². The number of hydrogen-bond acceptors (Lipinski definition) is 4. The van der Waals surface area contributed by atoms with Gasteiger partial charge in [-0.05, 0) is 37.3 Å². The summed E-state index contributed by atoms with van der Waals surface area (Å²) in [7, 11) is 0. The van der Waals surface area contributed by atoms with E-state index in [-0.39, 0.29) is 0 Å². The molecule has 0 spiro atoms. The number of pyridine rings is 1. The maximum atomic E-state index is 10.5. The molecule has 1 saturated heterocycles. The Bertz CT molecular complexity index is 364. The van der Waals surface area contributed by atoms with E-state index in [4.69, 9.17) is 0 Å². The van der Waals surface area contributed by atoms with Crippen molar-refractivity contribution < 1.29 is 8.76 Å². The predicted octanol–water partition coefficient (Wildman–Crippen LogP) is 1.57. The molecule has 0 amide bonds. The smallest absolute Gasteiger partial charge is 0.0397 e. The Morgan fingerprint density at radius 1 is 1.35 bits per heavy atom. The Morgan fingerprint density at radius 3 is 2.59 bits per heavy atom. The minimum atomic E-state index is -1.88. The number of aromatic nitrogens is 1. The van der Waals surface area contributed by atoms with Crippen molar-refractivity contribution in [3.63, 3.8) is 0 Å². The first kappa shape index (κ1) is 12.5. The molecule has 1 aliphatic heterocycles. The van der Waals surface area contributed by atoms with Gasteiger partial charge < -0.3 is 9.45 Å². The van der Waals surface area contributed by atoms with Gasteiger partial charge in [0.1, 0.15) is 0 Å². The molecule has 2 rings (SSSR count). The zero-order valence-electron chi connectivity index (χ0n) is 9.75. The van der Waals surface area contributed by atoms with E-state index in [1.807, 2.05) is 24.5 Å². The van der Waals surface area contributed by atoms with Gasteiger partial charge in [-0.1, -0.05) is 11.1 Å². The lowest BCUT2D eigenvalue weighted by atomic mass is 9.94. The maximum Gasteiger partial charge on any atom is 0.0397 e. The Morgan fingerprint density at radius 2 is 2.00 bits per heavy atom. The molecule has 0 saturated carbocycles. The summed E-state index contributed by atoms with van der Waals surface area (Å²) >= 11 is -1.88. The van der Waals surface area contributed by atoms with Gasteiger partial charge in [-0.2, -0.15) is 0 Å². The highest BCUT2D eigenvalue weighted by Gasteiger charge is 2.18. The summed E-state index contributed by atoms with van der Waals surface area (Å²) in [5.74, 6) is 0.867. The number of piperidine rings is 1. The molecule has 1 atom stereocenters. The van der Waals surface area contributed by atoms with Crippen LogP contribution in [0.4, 0.5) is 5.69 Å². The summed E-state index contributed by atoms with van der Waals surface area (Å²) in [4.78, 5) is 6.35. The summed E-state index contributed by atoms with van der Waals surface area (Å²) in [6.45, 7) is 2.03. The Kier molecular flexibility index (Phi) is 4.50. The highest BCUT2D eigenvalue weighted by Crippen LogP contribution is 2.24. The van der Waals surface area contributed by atoms with Crippen LogP contribution in [0, 0.1) is 5.92 Å². The van der Waals surface area contributed by atoms with Crippen LogP contribution in [0.3, 0.4) is 0 Å². The van der Waals surface area contributed by atoms with Crippen LogP contribution in [0.15, 0.2) is 24.5 Å². The molecule has 0 N–H and O–H groups in total. The van der Waals surface area contributed by atoms with Gasteiger partial charge in [-0.3, -0.25) is 9.19 Å². The highest BCUT2D eigenvalue weighted by molar-refractivity contribution is 7.79. The first-order valence-corrected chi connectivity index (χ1v) is 7.21. The van der Waals surface area contributed by atoms with Crippen LogP contribution >= 0.6 is 0 Å². The van der Waals surface area contributed by atoms with Crippen molar-refractivity contribution in [1.29, 1.82) is 0 Å². The summed E-state index contributed by atoms with van der Waals surface area (Å²) in [6.07, 6.45) is 6.59. The van der Waals surface area contributed by atoms with E-state index < -0.39 is 11.1 Å². The summed E-state index contributed by atoms with van der Waals surface area (Å²) in [6, 6.07) is 4.04. The lowest BCUT2D eigenvalue weighted by molar-refractivity contribution is 0.393. The lowest BCUT2D eigenvalue weighted by Crippen LogP contribution is -2.34. The molecule has 1 unspecified atom stereocenters. The summed E-state index contributed by atoms with van der Waals surface area (Å²) in [5.41, 5.74) is 1.21. The fourth-order valence-electron chi connectivity index (χ4n) is 2.30. The van der Waals surface area contributed by atoms with Crippen LogP contribution in [0.2, 0.25) is 0 Å². The zero-order chi connectivity index (χ0) is 12.1. The van der Waals surface area contributed by atoms with Crippen LogP contribution < -0.4 is 4.90 Å². The Labute approximate surface area is 104 Å². The molecule has 1 aromatic heterocycles. The lowest BCUT2D eigenvalue weighted by Gasteiger charge is -2.33. The van der Waals surface area contributed by atoms with E-state index in [0.29, 0.717) is 11.7 Å². The summed E-state index contributed by atoms with van der Waals surface area (Å²) in [5, 5.41) is 0. The van der Waals surface area contributed by atoms with E-state index in [0.717, 1.165) is 32.4 Å². The molecule has 0 radical (unpaired) electrons. The van der Waals surface area contributed by atoms with Crippen LogP contribution in [-0.2, 0) is 11.1 Å². The number of nitrogens with zero attached hydrogens (tertiary/aromatic N) is 2. The second-order valence-corrected chi connectivity index (χ2v) is 5.45. The Balaban J connectivity index is 1.80.